The number of nitrogens with zero attached hydrogens (tertiary/aromatic N) is 3. The van der Waals surface area contributed by atoms with E-state index in [0.29, 0.717) is 0 Å². The summed E-state index contributed by atoms with van der Waals surface area (Å²) in [5, 5.41) is 12.7. The van der Waals surface area contributed by atoms with Gasteiger partial charge in [-0.1, -0.05) is 30.3 Å². The van der Waals surface area contributed by atoms with Crippen LogP contribution in [0.5, 0.6) is 0 Å². The van der Waals surface area contributed by atoms with Crippen molar-refractivity contribution in [3.8, 4) is 0 Å². The second-order valence-electron chi connectivity index (χ2n) is 4.14. The number of para-hydroxylation sites is 2. The maximum absolute atomic E-state index is 3.54. The molecule has 0 atom stereocenters. The van der Waals surface area contributed by atoms with Gasteiger partial charge in [0.15, 0.2) is 0 Å². The molecule has 0 fully saturated rings. The van der Waals surface area contributed by atoms with Gasteiger partial charge >= 0.3 is 0 Å². The minimum Gasteiger partial charge on any atom is -0.354 e. The Morgan fingerprint density at radius 2 is 1.55 bits per heavy atom. The van der Waals surface area contributed by atoms with E-state index in [2.05, 4.69) is 72.7 Å². The van der Waals surface area contributed by atoms with Gasteiger partial charge in [-0.25, -0.2) is 0 Å². The van der Waals surface area contributed by atoms with E-state index in [-0.39, 0.29) is 0 Å². The zero-order valence-electron chi connectivity index (χ0n) is 10.5. The molecule has 0 saturated carbocycles. The number of benzene rings is 2. The van der Waals surface area contributed by atoms with E-state index in [0.717, 1.165) is 4.47 Å². The van der Waals surface area contributed by atoms with Crippen LogP contribution in [0.15, 0.2) is 65.4 Å². The van der Waals surface area contributed by atoms with Gasteiger partial charge in [0.1, 0.15) is 0 Å². The van der Waals surface area contributed by atoms with Crippen molar-refractivity contribution in [2.45, 2.75) is 0 Å². The van der Waals surface area contributed by atoms with Gasteiger partial charge in [0.05, 0.1) is 17.9 Å². The van der Waals surface area contributed by atoms with Gasteiger partial charge in [-0.2, -0.15) is 0 Å². The first-order valence-corrected chi connectivity index (χ1v) is 6.89. The van der Waals surface area contributed by atoms with E-state index >= 15 is 0 Å². The minimum atomic E-state index is 1.12. The van der Waals surface area contributed by atoms with E-state index in [1.54, 1.807) is 18.5 Å². The molecule has 4 aromatic rings. The molecule has 0 radical (unpaired) electrons. The van der Waals surface area contributed by atoms with Crippen molar-refractivity contribution in [3.05, 3.63) is 65.4 Å². The third-order valence-electron chi connectivity index (χ3n) is 2.90. The molecule has 0 saturated heterocycles. The fourth-order valence-electron chi connectivity index (χ4n) is 2.04. The van der Waals surface area contributed by atoms with Crippen molar-refractivity contribution in [3.63, 3.8) is 0 Å². The maximum Gasteiger partial charge on any atom is 0.0609 e. The number of aromatic nitrogens is 4. The predicted octanol–water partition coefficient (Wildman–Crippen LogP) is 3.96. The van der Waals surface area contributed by atoms with Crippen LogP contribution in [0.1, 0.15) is 0 Å². The SMILES string of the molecule is Brc1cccc2c1[nH]c1ccccc12.c1cnnnc1. The zero-order valence-corrected chi connectivity index (χ0v) is 12.1. The summed E-state index contributed by atoms with van der Waals surface area (Å²) in [6.07, 6.45) is 3.15. The van der Waals surface area contributed by atoms with Crippen LogP contribution >= 0.6 is 15.9 Å². The fourth-order valence-corrected chi connectivity index (χ4v) is 2.51. The quantitative estimate of drug-likeness (QED) is 0.532. The van der Waals surface area contributed by atoms with Crippen LogP contribution in [0.2, 0.25) is 0 Å². The predicted molar refractivity (Wildman–Crippen MR) is 83.3 cm³/mol. The molecule has 98 valence electrons. The van der Waals surface area contributed by atoms with E-state index < -0.39 is 0 Å². The van der Waals surface area contributed by atoms with E-state index in [9.17, 15) is 0 Å². The van der Waals surface area contributed by atoms with Crippen LogP contribution in [0, 0.1) is 0 Å². The van der Waals surface area contributed by atoms with Crippen molar-refractivity contribution < 1.29 is 0 Å². The summed E-state index contributed by atoms with van der Waals surface area (Å²) >= 11 is 3.54. The summed E-state index contributed by atoms with van der Waals surface area (Å²) < 4.78 is 1.12. The van der Waals surface area contributed by atoms with Crippen LogP contribution in [-0.2, 0) is 0 Å². The van der Waals surface area contributed by atoms with Crippen molar-refractivity contribution in [1.82, 2.24) is 20.4 Å². The van der Waals surface area contributed by atoms with Crippen LogP contribution in [-0.4, -0.2) is 20.4 Å². The lowest BCUT2D eigenvalue weighted by molar-refractivity contribution is 0.865. The summed E-state index contributed by atoms with van der Waals surface area (Å²) in [7, 11) is 0. The molecule has 1 N–H and O–H groups in total. The molecule has 0 amide bonds. The van der Waals surface area contributed by atoms with E-state index in [4.69, 9.17) is 0 Å². The molecule has 20 heavy (non-hydrogen) atoms. The smallest absolute Gasteiger partial charge is 0.0609 e. The lowest BCUT2D eigenvalue weighted by atomic mass is 10.2. The van der Waals surface area contributed by atoms with Gasteiger partial charge in [-0.15, -0.1) is 10.2 Å². The normalized spacial score (nSPS) is 10.2. The molecule has 0 aliphatic rings. The van der Waals surface area contributed by atoms with Crippen LogP contribution in [0.4, 0.5) is 0 Å². The van der Waals surface area contributed by atoms with Crippen molar-refractivity contribution in [2.24, 2.45) is 0 Å². The number of hydrogen-bond acceptors (Lipinski definition) is 3. The number of nitrogens with one attached hydrogen (secondary N) is 1. The molecule has 4 rings (SSSR count). The number of halogens is 1. The first kappa shape index (κ1) is 12.7. The highest BCUT2D eigenvalue weighted by Gasteiger charge is 2.04. The fraction of sp³-hybridized carbons (Fsp3) is 0. The van der Waals surface area contributed by atoms with Crippen LogP contribution < -0.4 is 0 Å². The van der Waals surface area contributed by atoms with E-state index in [1.165, 1.54) is 21.8 Å². The van der Waals surface area contributed by atoms with Gasteiger partial charge in [-0.05, 0) is 39.3 Å². The Bertz CT molecular complexity index is 800. The van der Waals surface area contributed by atoms with Crippen LogP contribution in [0.25, 0.3) is 21.8 Å². The van der Waals surface area contributed by atoms with Crippen LogP contribution in [0.3, 0.4) is 0 Å². The third-order valence-corrected chi connectivity index (χ3v) is 3.56. The highest BCUT2D eigenvalue weighted by atomic mass is 79.9. The topological polar surface area (TPSA) is 54.5 Å². The molecule has 2 aromatic carbocycles. The second kappa shape index (κ2) is 5.79. The Kier molecular flexibility index (Phi) is 3.69. The molecule has 0 bridgehead atoms. The van der Waals surface area contributed by atoms with Gasteiger partial charge in [0.2, 0.25) is 0 Å². The van der Waals surface area contributed by atoms with E-state index in [1.807, 2.05) is 6.07 Å². The van der Waals surface area contributed by atoms with Crippen molar-refractivity contribution in [2.75, 3.05) is 0 Å². The maximum atomic E-state index is 3.54. The number of rotatable bonds is 0. The number of hydrogen-bond donors (Lipinski definition) is 1. The Labute approximate surface area is 124 Å². The molecular weight excluding hydrogens is 316 g/mol. The highest BCUT2D eigenvalue weighted by Crippen LogP contribution is 2.29. The first-order chi connectivity index (χ1) is 9.86. The average Bonchev–Trinajstić information content (AvgIpc) is 2.90. The lowest BCUT2D eigenvalue weighted by Gasteiger charge is -1.92. The van der Waals surface area contributed by atoms with Crippen molar-refractivity contribution in [1.29, 1.82) is 0 Å². The summed E-state index contributed by atoms with van der Waals surface area (Å²) in [6, 6.07) is 16.3. The average molecular weight is 327 g/mol. The minimum absolute atomic E-state index is 1.12. The summed E-state index contributed by atoms with van der Waals surface area (Å²) in [5.74, 6) is 0. The molecule has 4 nitrogen and oxygen atoms in total. The molecule has 2 heterocycles. The third kappa shape index (κ3) is 2.53. The molecule has 0 spiro atoms. The van der Waals surface area contributed by atoms with Gasteiger partial charge in [0.25, 0.3) is 0 Å². The molecule has 0 aliphatic carbocycles. The molecule has 2 aromatic heterocycles. The van der Waals surface area contributed by atoms with Gasteiger partial charge in [-0.3, -0.25) is 0 Å². The summed E-state index contributed by atoms with van der Waals surface area (Å²) in [4.78, 5) is 3.40. The Balaban J connectivity index is 0.000000170. The lowest BCUT2D eigenvalue weighted by Crippen LogP contribution is -1.78. The Morgan fingerprint density at radius 1 is 0.800 bits per heavy atom. The largest absolute Gasteiger partial charge is 0.354 e. The molecule has 0 aliphatic heterocycles. The summed E-state index contributed by atoms with van der Waals surface area (Å²) in [6.45, 7) is 0. The first-order valence-electron chi connectivity index (χ1n) is 6.09. The number of H-pyrrole nitrogens is 1. The monoisotopic (exact) mass is 326 g/mol. The second-order valence-corrected chi connectivity index (χ2v) is 5.00. The number of fused-ring (bicyclic) bond motifs is 3. The highest BCUT2D eigenvalue weighted by molar-refractivity contribution is 9.10. The van der Waals surface area contributed by atoms with Gasteiger partial charge in [0, 0.05) is 20.8 Å². The Morgan fingerprint density at radius 3 is 2.25 bits per heavy atom. The van der Waals surface area contributed by atoms with Crippen molar-refractivity contribution >= 4 is 37.7 Å². The summed E-state index contributed by atoms with van der Waals surface area (Å²) in [5.41, 5.74) is 2.36. The van der Waals surface area contributed by atoms with Gasteiger partial charge < -0.3 is 4.98 Å². The molecular formula is C15H11BrN4. The molecule has 5 heteroatoms. The molecule has 0 unspecified atom stereocenters. The zero-order chi connectivity index (χ0) is 13.8. The standard InChI is InChI=1S/C12H8BrN.C3H3N3/c13-10-6-3-5-9-8-4-1-2-7-11(8)14-12(9)10;1-2-4-6-5-3-1/h1-7,14H;1-3H. The number of aromatic amines is 1. The Hall–Kier alpha value is -2.27.